The summed E-state index contributed by atoms with van der Waals surface area (Å²) in [5, 5.41) is 1.90. The van der Waals surface area contributed by atoms with Crippen LogP contribution in [0.15, 0.2) is 57.2 Å². The van der Waals surface area contributed by atoms with Crippen LogP contribution in [0.1, 0.15) is 33.8 Å². The maximum atomic E-state index is 13.5. The molecular formula is C26H22N4O2S2. The van der Waals surface area contributed by atoms with Gasteiger partial charge in [0, 0.05) is 4.88 Å². The van der Waals surface area contributed by atoms with E-state index >= 15 is 0 Å². The average molecular weight is 487 g/mol. The van der Waals surface area contributed by atoms with Gasteiger partial charge in [0.15, 0.2) is 5.16 Å². The van der Waals surface area contributed by atoms with Gasteiger partial charge < -0.3 is 4.98 Å². The van der Waals surface area contributed by atoms with Crippen molar-refractivity contribution in [3.05, 3.63) is 90.6 Å². The molecule has 5 aromatic rings. The first kappa shape index (κ1) is 21.3. The molecule has 0 atom stereocenters. The van der Waals surface area contributed by atoms with Gasteiger partial charge in [0.25, 0.3) is 11.1 Å². The Labute approximate surface area is 203 Å². The number of aromatic nitrogens is 4. The molecular weight excluding hydrogens is 464 g/mol. The van der Waals surface area contributed by atoms with Crippen molar-refractivity contribution in [3.63, 3.8) is 0 Å². The summed E-state index contributed by atoms with van der Waals surface area (Å²) in [6.45, 7) is 4.04. The molecule has 0 saturated carbocycles. The fourth-order valence-electron chi connectivity index (χ4n) is 4.76. The molecule has 2 aromatic carbocycles. The number of fused-ring (bicyclic) bond motifs is 4. The average Bonchev–Trinajstić information content (AvgIpc) is 3.38. The number of para-hydroxylation sites is 1. The van der Waals surface area contributed by atoms with Gasteiger partial charge in [-0.2, -0.15) is 0 Å². The van der Waals surface area contributed by atoms with Crippen molar-refractivity contribution in [1.82, 2.24) is 19.5 Å². The third kappa shape index (κ3) is 3.58. The maximum Gasteiger partial charge on any atom is 0.266 e. The predicted octanol–water partition coefficient (Wildman–Crippen LogP) is 5.08. The number of benzene rings is 2. The van der Waals surface area contributed by atoms with E-state index in [4.69, 9.17) is 9.97 Å². The maximum absolute atomic E-state index is 13.5. The van der Waals surface area contributed by atoms with Gasteiger partial charge in [0.2, 0.25) is 0 Å². The van der Waals surface area contributed by atoms with Crippen LogP contribution in [0.25, 0.3) is 26.8 Å². The highest BCUT2D eigenvalue weighted by Crippen LogP contribution is 2.35. The minimum atomic E-state index is -0.107. The number of H-pyrrole nitrogens is 1. The summed E-state index contributed by atoms with van der Waals surface area (Å²) in [6.07, 6.45) is 3.10. The number of aromatic amines is 1. The Morgan fingerprint density at radius 3 is 2.68 bits per heavy atom. The van der Waals surface area contributed by atoms with E-state index in [1.54, 1.807) is 22.0 Å². The highest BCUT2D eigenvalue weighted by Gasteiger charge is 2.21. The number of thioether (sulfide) groups is 1. The van der Waals surface area contributed by atoms with Crippen molar-refractivity contribution >= 4 is 44.2 Å². The summed E-state index contributed by atoms with van der Waals surface area (Å²) in [6, 6.07) is 13.5. The van der Waals surface area contributed by atoms with Crippen LogP contribution < -0.4 is 11.1 Å². The Kier molecular flexibility index (Phi) is 5.15. The van der Waals surface area contributed by atoms with E-state index in [2.05, 4.69) is 11.1 Å². The Morgan fingerprint density at radius 1 is 1.06 bits per heavy atom. The molecule has 0 spiro atoms. The van der Waals surface area contributed by atoms with Crippen molar-refractivity contribution < 1.29 is 0 Å². The molecule has 170 valence electrons. The van der Waals surface area contributed by atoms with E-state index in [9.17, 15) is 9.59 Å². The summed E-state index contributed by atoms with van der Waals surface area (Å²) in [7, 11) is 0. The van der Waals surface area contributed by atoms with E-state index in [0.29, 0.717) is 27.6 Å². The fourth-order valence-corrected chi connectivity index (χ4v) is 6.93. The number of rotatable bonds is 4. The minimum absolute atomic E-state index is 0.0711. The zero-order chi connectivity index (χ0) is 23.4. The van der Waals surface area contributed by atoms with Gasteiger partial charge >= 0.3 is 0 Å². The molecule has 0 radical (unpaired) electrons. The highest BCUT2D eigenvalue weighted by atomic mass is 32.2. The third-order valence-electron chi connectivity index (χ3n) is 6.17. The lowest BCUT2D eigenvalue weighted by Crippen LogP contribution is -2.22. The molecule has 34 heavy (non-hydrogen) atoms. The second-order valence-corrected chi connectivity index (χ2v) is 10.8. The second kappa shape index (κ2) is 8.21. The van der Waals surface area contributed by atoms with Crippen LogP contribution in [0.3, 0.4) is 0 Å². The van der Waals surface area contributed by atoms with Crippen LogP contribution in [-0.2, 0) is 18.6 Å². The van der Waals surface area contributed by atoms with E-state index in [-0.39, 0.29) is 11.1 Å². The zero-order valence-electron chi connectivity index (χ0n) is 18.8. The monoisotopic (exact) mass is 486 g/mol. The van der Waals surface area contributed by atoms with Crippen LogP contribution in [0.4, 0.5) is 0 Å². The van der Waals surface area contributed by atoms with Gasteiger partial charge in [-0.15, -0.1) is 11.3 Å². The van der Waals surface area contributed by atoms with Gasteiger partial charge in [-0.05, 0) is 74.1 Å². The molecule has 0 saturated heterocycles. The van der Waals surface area contributed by atoms with Gasteiger partial charge in [-0.1, -0.05) is 30.0 Å². The Bertz CT molecular complexity index is 1690. The predicted molar refractivity (Wildman–Crippen MR) is 139 cm³/mol. The molecule has 3 aromatic heterocycles. The molecule has 6 rings (SSSR count). The zero-order valence-corrected chi connectivity index (χ0v) is 20.5. The Balaban J connectivity index is 1.45. The first-order valence-corrected chi connectivity index (χ1v) is 13.0. The van der Waals surface area contributed by atoms with Gasteiger partial charge in [-0.25, -0.2) is 9.97 Å². The molecule has 0 amide bonds. The van der Waals surface area contributed by atoms with Crippen molar-refractivity contribution in [2.45, 2.75) is 44.0 Å². The van der Waals surface area contributed by atoms with Crippen molar-refractivity contribution in [2.24, 2.45) is 0 Å². The van der Waals surface area contributed by atoms with E-state index in [1.165, 1.54) is 22.2 Å². The highest BCUT2D eigenvalue weighted by molar-refractivity contribution is 7.98. The number of hydrogen-bond acceptors (Lipinski definition) is 6. The van der Waals surface area contributed by atoms with Crippen molar-refractivity contribution in [3.8, 4) is 5.69 Å². The van der Waals surface area contributed by atoms with Gasteiger partial charge in [0.1, 0.15) is 10.7 Å². The minimum Gasteiger partial charge on any atom is -0.309 e. The number of aryl methyl sites for hydroxylation is 4. The van der Waals surface area contributed by atoms with E-state index in [1.807, 2.05) is 44.2 Å². The topological polar surface area (TPSA) is 80.6 Å². The third-order valence-corrected chi connectivity index (χ3v) is 8.31. The summed E-state index contributed by atoms with van der Waals surface area (Å²) in [5.41, 5.74) is 4.59. The largest absolute Gasteiger partial charge is 0.309 e. The molecule has 0 bridgehead atoms. The van der Waals surface area contributed by atoms with Crippen LogP contribution in [-0.4, -0.2) is 19.5 Å². The van der Waals surface area contributed by atoms with Crippen LogP contribution >= 0.6 is 23.1 Å². The van der Waals surface area contributed by atoms with Gasteiger partial charge in [-0.3, -0.25) is 14.2 Å². The molecule has 1 aliphatic carbocycles. The van der Waals surface area contributed by atoms with Crippen molar-refractivity contribution in [2.75, 3.05) is 0 Å². The lowest BCUT2D eigenvalue weighted by atomic mass is 10.1. The standard InChI is InChI=1S/C26H22N4O2S2/c1-14-10-15(2)12-16(11-14)30-25(32)17-6-3-4-8-19(17)27-26(30)33-13-21-28-23(31)22-18-7-5-9-20(18)34-24(22)29-21/h3-4,6,8,10-12H,5,7,9,13H2,1-2H3,(H,28,29,31). The number of nitrogens with one attached hydrogen (secondary N) is 1. The number of nitrogens with zero attached hydrogens (tertiary/aromatic N) is 3. The number of thiophene rings is 1. The SMILES string of the molecule is Cc1cc(C)cc(-n2c(SCc3nc4sc5c(c4c(=O)[nH]3)CCC5)nc3ccccc3c2=O)c1. The smallest absolute Gasteiger partial charge is 0.266 e. The summed E-state index contributed by atoms with van der Waals surface area (Å²) >= 11 is 3.04. The lowest BCUT2D eigenvalue weighted by molar-refractivity contribution is 0.816. The molecule has 0 unspecified atom stereocenters. The summed E-state index contributed by atoms with van der Waals surface area (Å²) in [4.78, 5) is 41.0. The molecule has 8 heteroatoms. The molecule has 0 fully saturated rings. The quantitative estimate of drug-likeness (QED) is 0.283. The molecule has 1 aliphatic rings. The number of hydrogen-bond donors (Lipinski definition) is 1. The first-order chi connectivity index (χ1) is 16.5. The molecule has 0 aliphatic heterocycles. The van der Waals surface area contributed by atoms with Crippen LogP contribution in [0.2, 0.25) is 0 Å². The summed E-state index contributed by atoms with van der Waals surface area (Å²) in [5.74, 6) is 1.00. The molecule has 6 nitrogen and oxygen atoms in total. The first-order valence-electron chi connectivity index (χ1n) is 11.2. The molecule has 3 heterocycles. The van der Waals surface area contributed by atoms with Crippen LogP contribution in [0.5, 0.6) is 0 Å². The Morgan fingerprint density at radius 2 is 1.85 bits per heavy atom. The normalized spacial score (nSPS) is 13.1. The molecule has 1 N–H and O–H groups in total. The second-order valence-electron chi connectivity index (χ2n) is 8.74. The van der Waals surface area contributed by atoms with E-state index in [0.717, 1.165) is 46.3 Å². The summed E-state index contributed by atoms with van der Waals surface area (Å²) < 4.78 is 1.67. The fraction of sp³-hybridized carbons (Fsp3) is 0.231. The van der Waals surface area contributed by atoms with Crippen molar-refractivity contribution in [1.29, 1.82) is 0 Å². The van der Waals surface area contributed by atoms with E-state index < -0.39 is 0 Å². The van der Waals surface area contributed by atoms with Crippen LogP contribution in [0, 0.1) is 13.8 Å². The van der Waals surface area contributed by atoms with Gasteiger partial charge in [0.05, 0.1) is 27.7 Å². The lowest BCUT2D eigenvalue weighted by Gasteiger charge is -2.14. The Hall–Kier alpha value is -3.23.